The second-order valence-corrected chi connectivity index (χ2v) is 4.33. The molecule has 0 aromatic rings. The fraction of sp³-hybridized carbons (Fsp3) is 0.400. The van der Waals surface area contributed by atoms with E-state index >= 15 is 0 Å². The van der Waals surface area contributed by atoms with Crippen molar-refractivity contribution in [2.75, 3.05) is 0 Å². The molecule has 0 amide bonds. The molecule has 3 nitrogen and oxygen atoms in total. The van der Waals surface area contributed by atoms with Crippen molar-refractivity contribution in [2.24, 2.45) is 0 Å². The predicted octanol–water partition coefficient (Wildman–Crippen LogP) is 2.29. The number of halogens is 4. The molecule has 1 rings (SSSR count). The van der Waals surface area contributed by atoms with E-state index in [4.69, 9.17) is 51.5 Å². The molecule has 1 aliphatic heterocycles. The summed E-state index contributed by atoms with van der Waals surface area (Å²) in [5.74, 6) is -1.50. The summed E-state index contributed by atoms with van der Waals surface area (Å²) in [5.41, 5.74) is 0. The van der Waals surface area contributed by atoms with Gasteiger partial charge in [0.15, 0.2) is 0 Å². The molecule has 1 unspecified atom stereocenters. The number of carboxylic acid groups (broad SMARTS) is 1. The predicted molar refractivity (Wildman–Crippen MR) is 45.7 cm³/mol. The summed E-state index contributed by atoms with van der Waals surface area (Å²) in [6.07, 6.45) is 0.905. The highest BCUT2D eigenvalue weighted by atomic mass is 35.5. The lowest BCUT2D eigenvalue weighted by molar-refractivity contribution is -0.149. The smallest absolute Gasteiger partial charge is 0.368 e. The van der Waals surface area contributed by atoms with Crippen LogP contribution < -0.4 is 0 Å². The standard InChI is InChI=1S/C5H2Cl4O3/c6-2-1-12-5(9,3(10)11)4(2,7)8/h1H,(H,10,11). The zero-order chi connectivity index (χ0) is 9.57. The van der Waals surface area contributed by atoms with Crippen molar-refractivity contribution in [3.05, 3.63) is 11.3 Å². The number of aliphatic carboxylic acids is 1. The molecule has 7 heteroatoms. The first kappa shape index (κ1) is 10.3. The van der Waals surface area contributed by atoms with Crippen molar-refractivity contribution in [1.29, 1.82) is 0 Å². The number of carbonyl (C=O) groups is 1. The monoisotopic (exact) mass is 250 g/mol. The van der Waals surface area contributed by atoms with Gasteiger partial charge in [-0.15, -0.1) is 0 Å². The molecule has 0 fully saturated rings. The third-order valence-corrected chi connectivity index (χ3v) is 3.54. The Hall–Kier alpha value is 0.170. The van der Waals surface area contributed by atoms with Gasteiger partial charge in [0.05, 0.1) is 5.03 Å². The molecule has 68 valence electrons. The van der Waals surface area contributed by atoms with Gasteiger partial charge in [-0.3, -0.25) is 0 Å². The molecule has 1 N–H and O–H groups in total. The van der Waals surface area contributed by atoms with E-state index in [2.05, 4.69) is 4.74 Å². The lowest BCUT2D eigenvalue weighted by Crippen LogP contribution is -2.46. The van der Waals surface area contributed by atoms with Crippen LogP contribution in [0, 0.1) is 0 Å². The normalized spacial score (nSPS) is 32.5. The zero-order valence-electron chi connectivity index (χ0n) is 5.35. The minimum Gasteiger partial charge on any atom is -0.477 e. The van der Waals surface area contributed by atoms with Gasteiger partial charge >= 0.3 is 11.0 Å². The Morgan fingerprint density at radius 1 is 1.50 bits per heavy atom. The van der Waals surface area contributed by atoms with E-state index in [1.54, 1.807) is 0 Å². The van der Waals surface area contributed by atoms with Gasteiger partial charge in [0, 0.05) is 0 Å². The van der Waals surface area contributed by atoms with Crippen LogP contribution in [0.5, 0.6) is 0 Å². The molecule has 0 aromatic carbocycles. The third kappa shape index (κ3) is 1.16. The Bertz CT molecular complexity index is 261. The minimum absolute atomic E-state index is 0.164. The molecule has 1 heterocycles. The average molecular weight is 252 g/mol. The highest BCUT2D eigenvalue weighted by Crippen LogP contribution is 2.51. The van der Waals surface area contributed by atoms with Crippen LogP contribution in [-0.2, 0) is 9.53 Å². The van der Waals surface area contributed by atoms with Crippen molar-refractivity contribution in [1.82, 2.24) is 0 Å². The number of alkyl halides is 3. The van der Waals surface area contributed by atoms with Gasteiger partial charge in [0.25, 0.3) is 0 Å². The molecule has 0 saturated heterocycles. The number of carboxylic acids is 1. The fourth-order valence-corrected chi connectivity index (χ4v) is 1.33. The number of hydrogen-bond donors (Lipinski definition) is 1. The maximum Gasteiger partial charge on any atom is 0.368 e. The summed E-state index contributed by atoms with van der Waals surface area (Å²) >= 11 is 22.0. The van der Waals surface area contributed by atoms with Gasteiger partial charge in [-0.05, 0) is 0 Å². The molecule has 0 spiro atoms. The lowest BCUT2D eigenvalue weighted by Gasteiger charge is -2.25. The van der Waals surface area contributed by atoms with Crippen LogP contribution in [0.2, 0.25) is 0 Å². The summed E-state index contributed by atoms with van der Waals surface area (Å²) in [4.78, 5) is 10.6. The van der Waals surface area contributed by atoms with Gasteiger partial charge < -0.3 is 9.84 Å². The maximum absolute atomic E-state index is 10.6. The molecule has 0 aromatic heterocycles. The Morgan fingerprint density at radius 3 is 2.17 bits per heavy atom. The van der Waals surface area contributed by atoms with Gasteiger partial charge in [-0.1, -0.05) is 46.4 Å². The molecular formula is C5H2Cl4O3. The second kappa shape index (κ2) is 2.84. The van der Waals surface area contributed by atoms with Gasteiger partial charge in [0.2, 0.25) is 4.33 Å². The van der Waals surface area contributed by atoms with Crippen molar-refractivity contribution < 1.29 is 14.6 Å². The summed E-state index contributed by atoms with van der Waals surface area (Å²) in [6, 6.07) is 0. The van der Waals surface area contributed by atoms with E-state index in [1.165, 1.54) is 0 Å². The van der Waals surface area contributed by atoms with E-state index in [0.29, 0.717) is 0 Å². The van der Waals surface area contributed by atoms with Crippen LogP contribution >= 0.6 is 46.4 Å². The van der Waals surface area contributed by atoms with Crippen molar-refractivity contribution in [3.63, 3.8) is 0 Å². The van der Waals surface area contributed by atoms with Gasteiger partial charge in [0.1, 0.15) is 6.26 Å². The number of ether oxygens (including phenoxy) is 1. The van der Waals surface area contributed by atoms with E-state index in [1.807, 2.05) is 0 Å². The molecule has 0 bridgehead atoms. The topological polar surface area (TPSA) is 46.5 Å². The van der Waals surface area contributed by atoms with Crippen LogP contribution in [0.25, 0.3) is 0 Å². The molecule has 0 saturated carbocycles. The van der Waals surface area contributed by atoms with Crippen molar-refractivity contribution >= 4 is 52.4 Å². The van der Waals surface area contributed by atoms with Crippen molar-refractivity contribution in [2.45, 2.75) is 9.39 Å². The molecule has 1 atom stereocenters. The third-order valence-electron chi connectivity index (χ3n) is 1.30. The highest BCUT2D eigenvalue weighted by Gasteiger charge is 2.62. The van der Waals surface area contributed by atoms with E-state index in [9.17, 15) is 4.79 Å². The minimum atomic E-state index is -2.24. The lowest BCUT2D eigenvalue weighted by atomic mass is 10.2. The first-order chi connectivity index (χ1) is 5.32. The van der Waals surface area contributed by atoms with Crippen LogP contribution in [0.3, 0.4) is 0 Å². The highest BCUT2D eigenvalue weighted by molar-refractivity contribution is 6.62. The van der Waals surface area contributed by atoms with E-state index in [-0.39, 0.29) is 5.03 Å². The van der Waals surface area contributed by atoms with Crippen LogP contribution in [-0.4, -0.2) is 20.5 Å². The molecule has 0 radical (unpaired) electrons. The SMILES string of the molecule is O=C(O)C1(Cl)OC=C(Cl)C1(Cl)Cl. The summed E-state index contributed by atoms with van der Waals surface area (Å²) in [6.45, 7) is 0. The number of rotatable bonds is 1. The van der Waals surface area contributed by atoms with Crippen LogP contribution in [0.15, 0.2) is 11.3 Å². The molecule has 0 aliphatic carbocycles. The van der Waals surface area contributed by atoms with Gasteiger partial charge in [-0.25, -0.2) is 4.79 Å². The average Bonchev–Trinajstić information content (AvgIpc) is 2.15. The summed E-state index contributed by atoms with van der Waals surface area (Å²) in [7, 11) is 0. The molecular weight excluding hydrogens is 250 g/mol. The van der Waals surface area contributed by atoms with Crippen LogP contribution in [0.1, 0.15) is 0 Å². The first-order valence-corrected chi connectivity index (χ1v) is 4.17. The summed E-state index contributed by atoms with van der Waals surface area (Å²) in [5, 5.41) is 6.20. The first-order valence-electron chi connectivity index (χ1n) is 2.66. The zero-order valence-corrected chi connectivity index (χ0v) is 8.38. The second-order valence-electron chi connectivity index (χ2n) is 2.06. The van der Waals surface area contributed by atoms with Gasteiger partial charge in [-0.2, -0.15) is 0 Å². The largest absolute Gasteiger partial charge is 0.477 e. The number of hydrogen-bond acceptors (Lipinski definition) is 2. The van der Waals surface area contributed by atoms with Crippen LogP contribution in [0.4, 0.5) is 0 Å². The Kier molecular flexibility index (Phi) is 2.43. The molecule has 12 heavy (non-hydrogen) atoms. The Morgan fingerprint density at radius 2 is 2.00 bits per heavy atom. The quantitative estimate of drug-likeness (QED) is 0.728. The van der Waals surface area contributed by atoms with E-state index in [0.717, 1.165) is 6.26 Å². The summed E-state index contributed by atoms with van der Waals surface area (Å²) < 4.78 is 2.58. The van der Waals surface area contributed by atoms with Crippen molar-refractivity contribution in [3.8, 4) is 0 Å². The molecule has 1 aliphatic rings. The fourth-order valence-electron chi connectivity index (χ4n) is 0.619. The maximum atomic E-state index is 10.6. The Balaban J connectivity index is 3.08. The van der Waals surface area contributed by atoms with E-state index < -0.39 is 15.4 Å². The Labute approximate surface area is 87.8 Å².